The summed E-state index contributed by atoms with van der Waals surface area (Å²) in [4.78, 5) is 27.5. The van der Waals surface area contributed by atoms with E-state index in [1.54, 1.807) is 13.0 Å². The predicted molar refractivity (Wildman–Crippen MR) is 77.2 cm³/mol. The van der Waals surface area contributed by atoms with Crippen LogP contribution in [0.15, 0.2) is 29.6 Å². The quantitative estimate of drug-likeness (QED) is 0.879. The van der Waals surface area contributed by atoms with Crippen LogP contribution >= 0.6 is 11.3 Å². The highest BCUT2D eigenvalue weighted by Gasteiger charge is 2.16. The maximum Gasteiger partial charge on any atom is 0.367 e. The molecular weight excluding hydrogens is 276 g/mol. The molecule has 1 amide bonds. The topological polar surface area (TPSA) is 68.3 Å². The maximum absolute atomic E-state index is 12.0. The highest BCUT2D eigenvalue weighted by atomic mass is 32.1. The fourth-order valence-electron chi connectivity index (χ4n) is 1.58. The average Bonchev–Trinajstić information content (AvgIpc) is 2.88. The van der Waals surface area contributed by atoms with E-state index in [1.165, 1.54) is 5.38 Å². The second-order valence-corrected chi connectivity index (χ2v) is 4.94. The number of aromatic nitrogens is 1. The number of benzene rings is 1. The average molecular weight is 290 g/mol. The molecule has 104 valence electrons. The van der Waals surface area contributed by atoms with Gasteiger partial charge in [0.25, 0.3) is 5.91 Å². The zero-order valence-electron chi connectivity index (χ0n) is 11.2. The number of carbonyl (C=O) groups excluding carboxylic acids is 2. The van der Waals surface area contributed by atoms with Crippen LogP contribution in [0, 0.1) is 6.92 Å². The summed E-state index contributed by atoms with van der Waals surface area (Å²) in [5, 5.41) is 4.46. The van der Waals surface area contributed by atoms with E-state index in [1.807, 2.05) is 25.1 Å². The third kappa shape index (κ3) is 3.42. The van der Waals surface area contributed by atoms with E-state index in [4.69, 9.17) is 4.74 Å². The van der Waals surface area contributed by atoms with Crippen molar-refractivity contribution < 1.29 is 14.3 Å². The fourth-order valence-corrected chi connectivity index (χ4v) is 2.27. The summed E-state index contributed by atoms with van der Waals surface area (Å²) < 4.78 is 4.83. The molecule has 2 aromatic rings. The van der Waals surface area contributed by atoms with Crippen LogP contribution in [-0.4, -0.2) is 23.5 Å². The van der Waals surface area contributed by atoms with Crippen LogP contribution in [0.3, 0.4) is 0 Å². The number of aryl methyl sites for hydroxylation is 1. The molecule has 6 heteroatoms. The summed E-state index contributed by atoms with van der Waals surface area (Å²) in [6.45, 7) is 3.94. The van der Waals surface area contributed by atoms with Gasteiger partial charge in [-0.25, -0.2) is 9.78 Å². The third-order valence-electron chi connectivity index (χ3n) is 2.46. The zero-order valence-corrected chi connectivity index (χ0v) is 12.0. The molecule has 0 spiro atoms. The van der Waals surface area contributed by atoms with Gasteiger partial charge in [0.2, 0.25) is 5.01 Å². The first-order valence-corrected chi connectivity index (χ1v) is 6.98. The number of rotatable bonds is 4. The first-order chi connectivity index (χ1) is 9.60. The lowest BCUT2D eigenvalue weighted by Crippen LogP contribution is -2.13. The molecule has 2 rings (SSSR count). The van der Waals surface area contributed by atoms with E-state index in [9.17, 15) is 9.59 Å². The Hall–Kier alpha value is -2.21. The van der Waals surface area contributed by atoms with E-state index in [-0.39, 0.29) is 23.2 Å². The number of nitrogens with zero attached hydrogens (tertiary/aromatic N) is 1. The number of nitrogens with one attached hydrogen (secondary N) is 1. The minimum Gasteiger partial charge on any atom is -0.461 e. The number of hydrogen-bond acceptors (Lipinski definition) is 5. The van der Waals surface area contributed by atoms with Crippen LogP contribution < -0.4 is 5.32 Å². The summed E-state index contributed by atoms with van der Waals surface area (Å²) in [6.07, 6.45) is 0. The lowest BCUT2D eigenvalue weighted by atomic mass is 10.2. The van der Waals surface area contributed by atoms with Crippen molar-refractivity contribution in [2.45, 2.75) is 13.8 Å². The molecule has 0 unspecified atom stereocenters. The molecule has 5 nitrogen and oxygen atoms in total. The Labute approximate surface area is 120 Å². The Morgan fingerprint density at radius 1 is 1.40 bits per heavy atom. The Balaban J connectivity index is 2.08. The first kappa shape index (κ1) is 14.2. The summed E-state index contributed by atoms with van der Waals surface area (Å²) in [7, 11) is 0. The number of carbonyl (C=O) groups is 2. The lowest BCUT2D eigenvalue weighted by molar-refractivity contribution is 0.0526. The van der Waals surface area contributed by atoms with Crippen molar-refractivity contribution >= 4 is 28.9 Å². The SMILES string of the molecule is CCOC(=O)c1nc(C(=O)Nc2cccc(C)c2)cs1. The van der Waals surface area contributed by atoms with Crippen LogP contribution in [0.25, 0.3) is 0 Å². The molecular formula is C14H14N2O3S. The molecule has 0 aliphatic rings. The molecule has 0 saturated heterocycles. The summed E-state index contributed by atoms with van der Waals surface area (Å²) in [6, 6.07) is 7.45. The highest BCUT2D eigenvalue weighted by Crippen LogP contribution is 2.14. The molecule has 0 atom stereocenters. The molecule has 1 aromatic heterocycles. The number of thiazole rings is 1. The lowest BCUT2D eigenvalue weighted by Gasteiger charge is -2.03. The Bertz CT molecular complexity index is 637. The summed E-state index contributed by atoms with van der Waals surface area (Å²) >= 11 is 1.09. The normalized spacial score (nSPS) is 10.1. The van der Waals surface area contributed by atoms with E-state index in [0.29, 0.717) is 5.69 Å². The minimum atomic E-state index is -0.507. The largest absolute Gasteiger partial charge is 0.461 e. The van der Waals surface area contributed by atoms with Gasteiger partial charge in [0.05, 0.1) is 6.61 Å². The number of hydrogen-bond donors (Lipinski definition) is 1. The van der Waals surface area contributed by atoms with Gasteiger partial charge in [0.15, 0.2) is 0 Å². The highest BCUT2D eigenvalue weighted by molar-refractivity contribution is 7.11. The number of esters is 1. The smallest absolute Gasteiger partial charge is 0.367 e. The van der Waals surface area contributed by atoms with Gasteiger partial charge in [-0.2, -0.15) is 0 Å². The first-order valence-electron chi connectivity index (χ1n) is 6.11. The minimum absolute atomic E-state index is 0.182. The van der Waals surface area contributed by atoms with E-state index in [0.717, 1.165) is 16.9 Å². The molecule has 0 bridgehead atoms. The predicted octanol–water partition coefficient (Wildman–Crippen LogP) is 2.88. The Morgan fingerprint density at radius 2 is 2.20 bits per heavy atom. The third-order valence-corrected chi connectivity index (χ3v) is 3.29. The number of amides is 1. The monoisotopic (exact) mass is 290 g/mol. The molecule has 20 heavy (non-hydrogen) atoms. The van der Waals surface area contributed by atoms with Crippen LogP contribution in [-0.2, 0) is 4.74 Å². The second-order valence-electron chi connectivity index (χ2n) is 4.08. The van der Waals surface area contributed by atoms with Crippen molar-refractivity contribution in [3.8, 4) is 0 Å². The number of anilines is 1. The van der Waals surface area contributed by atoms with E-state index >= 15 is 0 Å². The second kappa shape index (κ2) is 6.29. The van der Waals surface area contributed by atoms with Gasteiger partial charge >= 0.3 is 5.97 Å². The van der Waals surface area contributed by atoms with Gasteiger partial charge in [-0.15, -0.1) is 11.3 Å². The van der Waals surface area contributed by atoms with Crippen molar-refractivity contribution in [3.63, 3.8) is 0 Å². The van der Waals surface area contributed by atoms with E-state index < -0.39 is 5.97 Å². The standard InChI is InChI=1S/C14H14N2O3S/c1-3-19-14(18)13-16-11(8-20-13)12(17)15-10-6-4-5-9(2)7-10/h4-8H,3H2,1-2H3,(H,15,17). The van der Waals surface area contributed by atoms with Gasteiger partial charge in [0, 0.05) is 11.1 Å². The van der Waals surface area contributed by atoms with Crippen molar-refractivity contribution in [3.05, 3.63) is 45.9 Å². The molecule has 0 aliphatic carbocycles. The molecule has 0 saturated carbocycles. The van der Waals surface area contributed by atoms with Gasteiger partial charge in [-0.05, 0) is 31.5 Å². The van der Waals surface area contributed by atoms with E-state index in [2.05, 4.69) is 10.3 Å². The van der Waals surface area contributed by atoms with Crippen LogP contribution in [0.1, 0.15) is 32.8 Å². The van der Waals surface area contributed by atoms with Crippen LogP contribution in [0.5, 0.6) is 0 Å². The van der Waals surface area contributed by atoms with Crippen molar-refractivity contribution in [1.29, 1.82) is 0 Å². The summed E-state index contributed by atoms with van der Waals surface area (Å²) in [5.41, 5.74) is 1.95. The van der Waals surface area contributed by atoms with Crippen molar-refractivity contribution in [2.75, 3.05) is 11.9 Å². The molecule has 1 heterocycles. The maximum atomic E-state index is 12.0. The van der Waals surface area contributed by atoms with Crippen LogP contribution in [0.4, 0.5) is 5.69 Å². The summed E-state index contributed by atoms with van der Waals surface area (Å²) in [5.74, 6) is -0.852. The molecule has 0 aliphatic heterocycles. The molecule has 1 aromatic carbocycles. The number of ether oxygens (including phenoxy) is 1. The van der Waals surface area contributed by atoms with Crippen LogP contribution in [0.2, 0.25) is 0 Å². The van der Waals surface area contributed by atoms with Gasteiger partial charge in [0.1, 0.15) is 5.69 Å². The fraction of sp³-hybridized carbons (Fsp3) is 0.214. The van der Waals surface area contributed by atoms with Gasteiger partial charge < -0.3 is 10.1 Å². The Morgan fingerprint density at radius 3 is 2.90 bits per heavy atom. The van der Waals surface area contributed by atoms with Gasteiger partial charge in [-0.3, -0.25) is 4.79 Å². The Kier molecular flexibility index (Phi) is 4.47. The van der Waals surface area contributed by atoms with Gasteiger partial charge in [-0.1, -0.05) is 12.1 Å². The molecule has 0 fully saturated rings. The molecule has 0 radical (unpaired) electrons. The zero-order chi connectivity index (χ0) is 14.5. The van der Waals surface area contributed by atoms with Crippen molar-refractivity contribution in [1.82, 2.24) is 4.98 Å². The molecule has 1 N–H and O–H groups in total. The van der Waals surface area contributed by atoms with Crippen molar-refractivity contribution in [2.24, 2.45) is 0 Å².